The Labute approximate surface area is 75.5 Å². The molecule has 1 aliphatic rings. The van der Waals surface area contributed by atoms with Gasteiger partial charge in [0.1, 0.15) is 0 Å². The molecule has 1 rings (SSSR count). The summed E-state index contributed by atoms with van der Waals surface area (Å²) in [5.41, 5.74) is 6.06. The number of rotatable bonds is 2. The van der Waals surface area contributed by atoms with E-state index < -0.39 is 0 Å². The summed E-state index contributed by atoms with van der Waals surface area (Å²) in [6.07, 6.45) is 2.51. The van der Waals surface area contributed by atoms with Gasteiger partial charge in [0.05, 0.1) is 0 Å². The van der Waals surface area contributed by atoms with Crippen LogP contribution in [0, 0.1) is 0 Å². The second kappa shape index (κ2) is 3.73. The first-order valence-corrected chi connectivity index (χ1v) is 4.67. The topological polar surface area (TPSA) is 32.5 Å². The van der Waals surface area contributed by atoms with Crippen molar-refractivity contribution in [2.45, 2.75) is 18.4 Å². The minimum Gasteiger partial charge on any atom is -0.329 e. The normalized spacial score (nSPS) is 32.8. The Morgan fingerprint density at radius 1 is 1.50 bits per heavy atom. The summed E-state index contributed by atoms with van der Waals surface area (Å²) in [5, 5.41) is 0. The maximum atomic E-state index is 5.83. The van der Waals surface area contributed by atoms with Gasteiger partial charge in [-0.3, -0.25) is 0 Å². The summed E-state index contributed by atoms with van der Waals surface area (Å²) in [5.74, 6) is 0. The van der Waals surface area contributed by atoms with E-state index in [9.17, 15) is 0 Å². The highest BCUT2D eigenvalue weighted by molar-refractivity contribution is 4.94. The van der Waals surface area contributed by atoms with E-state index >= 15 is 0 Å². The van der Waals surface area contributed by atoms with Crippen molar-refractivity contribution in [1.82, 2.24) is 9.80 Å². The first kappa shape index (κ1) is 9.96. The van der Waals surface area contributed by atoms with Crippen LogP contribution in [0.3, 0.4) is 0 Å². The molecule has 0 bridgehead atoms. The average Bonchev–Trinajstić information content (AvgIpc) is 2.04. The van der Waals surface area contributed by atoms with Gasteiger partial charge in [0.15, 0.2) is 0 Å². The molecule has 0 aromatic heterocycles. The summed E-state index contributed by atoms with van der Waals surface area (Å²) >= 11 is 0. The highest BCUT2D eigenvalue weighted by Gasteiger charge is 2.34. The Morgan fingerprint density at radius 3 is 2.50 bits per heavy atom. The van der Waals surface area contributed by atoms with E-state index in [0.29, 0.717) is 0 Å². The third-order valence-electron chi connectivity index (χ3n) is 3.07. The monoisotopic (exact) mass is 171 g/mol. The van der Waals surface area contributed by atoms with Crippen LogP contribution in [-0.2, 0) is 0 Å². The van der Waals surface area contributed by atoms with Crippen molar-refractivity contribution < 1.29 is 0 Å². The second-order valence-corrected chi connectivity index (χ2v) is 4.16. The van der Waals surface area contributed by atoms with Gasteiger partial charge in [-0.1, -0.05) is 0 Å². The van der Waals surface area contributed by atoms with E-state index in [-0.39, 0.29) is 5.54 Å². The molecule has 1 fully saturated rings. The Hall–Kier alpha value is -0.120. The van der Waals surface area contributed by atoms with Gasteiger partial charge in [0.2, 0.25) is 0 Å². The lowest BCUT2D eigenvalue weighted by Crippen LogP contribution is -2.59. The van der Waals surface area contributed by atoms with Gasteiger partial charge >= 0.3 is 0 Å². The van der Waals surface area contributed by atoms with E-state index in [0.717, 1.165) is 13.1 Å². The molecule has 3 nitrogen and oxygen atoms in total. The van der Waals surface area contributed by atoms with Crippen LogP contribution in [0.1, 0.15) is 12.8 Å². The van der Waals surface area contributed by atoms with Crippen LogP contribution < -0.4 is 5.73 Å². The molecule has 2 N–H and O–H groups in total. The molecule has 12 heavy (non-hydrogen) atoms. The lowest BCUT2D eigenvalue weighted by Gasteiger charge is -2.45. The molecule has 0 aromatic rings. The standard InChI is InChI=1S/C9H21N3/c1-11(2)9(7-10)5-4-6-12(3)8-9/h4-8,10H2,1-3H3. The first-order chi connectivity index (χ1) is 5.60. The molecule has 72 valence electrons. The van der Waals surface area contributed by atoms with Crippen LogP contribution in [0.4, 0.5) is 0 Å². The highest BCUT2D eigenvalue weighted by atomic mass is 15.2. The summed E-state index contributed by atoms with van der Waals surface area (Å²) in [7, 11) is 6.44. The fourth-order valence-corrected chi connectivity index (χ4v) is 2.05. The summed E-state index contributed by atoms with van der Waals surface area (Å²) < 4.78 is 0. The molecule has 0 aliphatic carbocycles. The maximum Gasteiger partial charge on any atom is 0.0452 e. The number of hydrogen-bond acceptors (Lipinski definition) is 3. The predicted octanol–water partition coefficient (Wildman–Crippen LogP) is -0.0289. The van der Waals surface area contributed by atoms with Crippen molar-refractivity contribution in [2.75, 3.05) is 40.8 Å². The summed E-state index contributed by atoms with van der Waals surface area (Å²) in [6.45, 7) is 3.09. The maximum absolute atomic E-state index is 5.83. The minimum atomic E-state index is 0.229. The number of hydrogen-bond donors (Lipinski definition) is 1. The van der Waals surface area contributed by atoms with Crippen molar-refractivity contribution in [3.05, 3.63) is 0 Å². The molecule has 0 radical (unpaired) electrons. The summed E-state index contributed by atoms with van der Waals surface area (Å²) in [6, 6.07) is 0. The Balaban J connectivity index is 2.64. The summed E-state index contributed by atoms with van der Waals surface area (Å²) in [4.78, 5) is 4.65. The third-order valence-corrected chi connectivity index (χ3v) is 3.07. The SMILES string of the molecule is CN1CCCC(CN)(N(C)C)C1. The lowest BCUT2D eigenvalue weighted by molar-refractivity contribution is 0.0636. The number of nitrogens with two attached hydrogens (primary N) is 1. The van der Waals surface area contributed by atoms with Gasteiger partial charge < -0.3 is 15.5 Å². The molecule has 1 unspecified atom stereocenters. The van der Waals surface area contributed by atoms with E-state index in [4.69, 9.17) is 5.73 Å². The van der Waals surface area contributed by atoms with Crippen LogP contribution in [0.15, 0.2) is 0 Å². The zero-order valence-electron chi connectivity index (χ0n) is 8.51. The number of likely N-dealkylation sites (tertiary alicyclic amines) is 1. The van der Waals surface area contributed by atoms with E-state index in [1.807, 2.05) is 0 Å². The Morgan fingerprint density at radius 2 is 2.17 bits per heavy atom. The van der Waals surface area contributed by atoms with Gasteiger partial charge in [-0.15, -0.1) is 0 Å². The smallest absolute Gasteiger partial charge is 0.0452 e. The lowest BCUT2D eigenvalue weighted by atomic mass is 9.88. The van der Waals surface area contributed by atoms with Gasteiger partial charge in [0, 0.05) is 18.6 Å². The number of piperidine rings is 1. The zero-order chi connectivity index (χ0) is 9.19. The van der Waals surface area contributed by atoms with Gasteiger partial charge in [-0.2, -0.15) is 0 Å². The molecule has 0 spiro atoms. The molecule has 1 atom stereocenters. The van der Waals surface area contributed by atoms with Gasteiger partial charge in [-0.25, -0.2) is 0 Å². The molecule has 3 heteroatoms. The molecular formula is C9H21N3. The van der Waals surface area contributed by atoms with Crippen LogP contribution in [0.5, 0.6) is 0 Å². The zero-order valence-corrected chi connectivity index (χ0v) is 8.51. The minimum absolute atomic E-state index is 0.229. The van der Waals surface area contributed by atoms with Crippen molar-refractivity contribution >= 4 is 0 Å². The molecule has 1 saturated heterocycles. The van der Waals surface area contributed by atoms with Gasteiger partial charge in [-0.05, 0) is 40.5 Å². The molecule has 1 aliphatic heterocycles. The second-order valence-electron chi connectivity index (χ2n) is 4.16. The van der Waals surface area contributed by atoms with E-state index in [1.165, 1.54) is 19.4 Å². The highest BCUT2D eigenvalue weighted by Crippen LogP contribution is 2.23. The van der Waals surface area contributed by atoms with Gasteiger partial charge in [0.25, 0.3) is 0 Å². The fraction of sp³-hybridized carbons (Fsp3) is 1.00. The average molecular weight is 171 g/mol. The molecule has 0 saturated carbocycles. The first-order valence-electron chi connectivity index (χ1n) is 4.67. The molecule has 0 amide bonds. The van der Waals surface area contributed by atoms with Crippen molar-refractivity contribution in [3.63, 3.8) is 0 Å². The van der Waals surface area contributed by atoms with Crippen molar-refractivity contribution in [3.8, 4) is 0 Å². The van der Waals surface area contributed by atoms with Crippen LogP contribution in [-0.4, -0.2) is 56.1 Å². The Kier molecular flexibility index (Phi) is 3.09. The molecular weight excluding hydrogens is 150 g/mol. The fourth-order valence-electron chi connectivity index (χ4n) is 2.05. The van der Waals surface area contributed by atoms with Crippen molar-refractivity contribution in [1.29, 1.82) is 0 Å². The number of nitrogens with zero attached hydrogens (tertiary/aromatic N) is 2. The van der Waals surface area contributed by atoms with E-state index in [2.05, 4.69) is 30.9 Å². The van der Waals surface area contributed by atoms with E-state index in [1.54, 1.807) is 0 Å². The quantitative estimate of drug-likeness (QED) is 0.633. The van der Waals surface area contributed by atoms with Crippen LogP contribution in [0.25, 0.3) is 0 Å². The van der Waals surface area contributed by atoms with Crippen LogP contribution in [0.2, 0.25) is 0 Å². The third kappa shape index (κ3) is 1.79. The largest absolute Gasteiger partial charge is 0.329 e. The Bertz CT molecular complexity index is 147. The van der Waals surface area contributed by atoms with Crippen molar-refractivity contribution in [2.24, 2.45) is 5.73 Å². The number of likely N-dealkylation sites (N-methyl/N-ethyl adjacent to an activating group) is 2. The van der Waals surface area contributed by atoms with Crippen LogP contribution >= 0.6 is 0 Å². The molecule has 1 heterocycles. The predicted molar refractivity (Wildman–Crippen MR) is 52.2 cm³/mol. The molecule has 0 aromatic carbocycles.